The Kier molecular flexibility index (Phi) is 5.78. The summed E-state index contributed by atoms with van der Waals surface area (Å²) in [6, 6.07) is 19.5. The van der Waals surface area contributed by atoms with E-state index in [-0.39, 0.29) is 16.8 Å². The lowest BCUT2D eigenvalue weighted by atomic mass is 10.0. The van der Waals surface area contributed by atoms with Crippen molar-refractivity contribution >= 4 is 28.3 Å². The van der Waals surface area contributed by atoms with Crippen LogP contribution in [-0.4, -0.2) is 24.6 Å². The Bertz CT molecular complexity index is 1310. The number of halogens is 1. The number of pyridine rings is 1. The predicted octanol–water partition coefficient (Wildman–Crippen LogP) is 4.95. The molecule has 0 fully saturated rings. The van der Waals surface area contributed by atoms with Crippen LogP contribution in [0.4, 0.5) is 0 Å². The molecule has 0 aliphatic heterocycles. The van der Waals surface area contributed by atoms with Gasteiger partial charge in [-0.3, -0.25) is 9.59 Å². The van der Waals surface area contributed by atoms with Gasteiger partial charge in [0.25, 0.3) is 0 Å². The summed E-state index contributed by atoms with van der Waals surface area (Å²) in [5.74, 6) is 0.961. The Labute approximate surface area is 184 Å². The molecule has 5 nitrogen and oxygen atoms in total. The highest BCUT2D eigenvalue weighted by Gasteiger charge is 2.18. The van der Waals surface area contributed by atoms with E-state index in [1.807, 2.05) is 34.9 Å². The maximum Gasteiger partial charge on any atom is 0.200 e. The molecule has 156 valence electrons. The van der Waals surface area contributed by atoms with Crippen LogP contribution in [0.1, 0.15) is 21.5 Å². The minimum atomic E-state index is -0.352. The van der Waals surface area contributed by atoms with Gasteiger partial charge < -0.3 is 14.0 Å². The molecule has 31 heavy (non-hydrogen) atoms. The fraction of sp³-hybridized carbons (Fsp3) is 0.120. The summed E-state index contributed by atoms with van der Waals surface area (Å²) in [5.41, 5.74) is 1.89. The second-order valence-corrected chi connectivity index (χ2v) is 7.50. The van der Waals surface area contributed by atoms with Gasteiger partial charge in [-0.1, -0.05) is 23.7 Å². The molecule has 0 atom stereocenters. The van der Waals surface area contributed by atoms with Gasteiger partial charge in [-0.15, -0.1) is 0 Å². The third-order valence-corrected chi connectivity index (χ3v) is 5.40. The lowest BCUT2D eigenvalue weighted by molar-refractivity contribution is 0.103. The van der Waals surface area contributed by atoms with Gasteiger partial charge in [-0.2, -0.15) is 0 Å². The molecule has 0 saturated carbocycles. The Balaban J connectivity index is 1.87. The number of hydrogen-bond acceptors (Lipinski definition) is 4. The number of ketones is 1. The van der Waals surface area contributed by atoms with Crippen LogP contribution < -0.4 is 14.9 Å². The summed E-state index contributed by atoms with van der Waals surface area (Å²) >= 11 is 5.94. The van der Waals surface area contributed by atoms with Crippen LogP contribution in [0.3, 0.4) is 0 Å². The molecule has 0 bridgehead atoms. The van der Waals surface area contributed by atoms with Gasteiger partial charge in [0.05, 0.1) is 30.7 Å². The minimum absolute atomic E-state index is 0.0941. The van der Waals surface area contributed by atoms with Crippen molar-refractivity contribution in [1.29, 1.82) is 0 Å². The van der Waals surface area contributed by atoms with Gasteiger partial charge in [0.2, 0.25) is 5.43 Å². The second kappa shape index (κ2) is 8.66. The molecular weight excluding hydrogens is 414 g/mol. The van der Waals surface area contributed by atoms with E-state index in [0.29, 0.717) is 33.8 Å². The summed E-state index contributed by atoms with van der Waals surface area (Å²) < 4.78 is 12.4. The highest BCUT2D eigenvalue weighted by molar-refractivity contribution is 6.30. The fourth-order valence-corrected chi connectivity index (χ4v) is 3.61. The van der Waals surface area contributed by atoms with E-state index in [4.69, 9.17) is 21.1 Å². The Hall–Kier alpha value is -3.57. The first-order chi connectivity index (χ1) is 15.0. The number of fused-ring (bicyclic) bond motifs is 1. The van der Waals surface area contributed by atoms with Crippen LogP contribution in [0.5, 0.6) is 11.5 Å². The normalized spacial score (nSPS) is 10.8. The fourth-order valence-electron chi connectivity index (χ4n) is 3.48. The molecule has 0 amide bonds. The summed E-state index contributed by atoms with van der Waals surface area (Å²) in [4.78, 5) is 26.4. The SMILES string of the molecule is COc1ccc(Cn2cc(C(=O)c3ccc(Cl)cc3)c(=O)c3cc(OC)ccc32)cc1. The lowest BCUT2D eigenvalue weighted by Crippen LogP contribution is -2.20. The molecular formula is C25H20ClNO4. The van der Waals surface area contributed by atoms with Crippen LogP contribution in [-0.2, 0) is 6.54 Å². The minimum Gasteiger partial charge on any atom is -0.497 e. The largest absolute Gasteiger partial charge is 0.497 e. The van der Waals surface area contributed by atoms with Gasteiger partial charge in [0.15, 0.2) is 5.78 Å². The maximum atomic E-state index is 13.2. The number of nitrogens with zero attached hydrogens (tertiary/aromatic N) is 1. The van der Waals surface area contributed by atoms with Crippen molar-refractivity contribution in [2.24, 2.45) is 0 Å². The number of hydrogen-bond donors (Lipinski definition) is 0. The monoisotopic (exact) mass is 433 g/mol. The quantitative estimate of drug-likeness (QED) is 0.404. The number of ether oxygens (including phenoxy) is 2. The van der Waals surface area contributed by atoms with E-state index >= 15 is 0 Å². The van der Waals surface area contributed by atoms with Gasteiger partial charge in [-0.05, 0) is 60.2 Å². The highest BCUT2D eigenvalue weighted by atomic mass is 35.5. The average Bonchev–Trinajstić information content (AvgIpc) is 2.81. The van der Waals surface area contributed by atoms with Crippen LogP contribution in [0.15, 0.2) is 77.7 Å². The van der Waals surface area contributed by atoms with Crippen LogP contribution in [0.2, 0.25) is 5.02 Å². The van der Waals surface area contributed by atoms with E-state index in [1.54, 1.807) is 56.8 Å². The Morgan fingerprint density at radius 2 is 1.55 bits per heavy atom. The molecule has 0 saturated heterocycles. The Morgan fingerprint density at radius 1 is 0.903 bits per heavy atom. The van der Waals surface area contributed by atoms with Gasteiger partial charge >= 0.3 is 0 Å². The van der Waals surface area contributed by atoms with Gasteiger partial charge in [-0.25, -0.2) is 0 Å². The molecule has 0 aliphatic rings. The van der Waals surface area contributed by atoms with E-state index in [9.17, 15) is 9.59 Å². The molecule has 0 radical (unpaired) electrons. The lowest BCUT2D eigenvalue weighted by Gasteiger charge is -2.14. The standard InChI is InChI=1S/C25H20ClNO4/c1-30-19-9-3-16(4-10-19)14-27-15-22(24(28)17-5-7-18(26)8-6-17)25(29)21-13-20(31-2)11-12-23(21)27/h3-13,15H,14H2,1-2H3. The average molecular weight is 434 g/mol. The highest BCUT2D eigenvalue weighted by Crippen LogP contribution is 2.22. The van der Waals surface area contributed by atoms with Crippen LogP contribution >= 0.6 is 11.6 Å². The second-order valence-electron chi connectivity index (χ2n) is 7.07. The zero-order chi connectivity index (χ0) is 22.0. The zero-order valence-electron chi connectivity index (χ0n) is 17.1. The summed E-state index contributed by atoms with van der Waals surface area (Å²) in [6.07, 6.45) is 1.62. The maximum absolute atomic E-state index is 13.2. The number of aromatic nitrogens is 1. The van der Waals surface area contributed by atoms with E-state index in [0.717, 1.165) is 11.3 Å². The summed E-state index contributed by atoms with van der Waals surface area (Å²) in [7, 11) is 3.16. The van der Waals surface area contributed by atoms with Gasteiger partial charge in [0.1, 0.15) is 11.5 Å². The molecule has 1 aromatic heterocycles. The first-order valence-electron chi connectivity index (χ1n) is 9.64. The molecule has 0 N–H and O–H groups in total. The number of rotatable bonds is 6. The first-order valence-corrected chi connectivity index (χ1v) is 10.0. The van der Waals surface area contributed by atoms with Crippen LogP contribution in [0, 0.1) is 0 Å². The Morgan fingerprint density at radius 3 is 2.19 bits per heavy atom. The van der Waals surface area contributed by atoms with Crippen LogP contribution in [0.25, 0.3) is 10.9 Å². The van der Waals surface area contributed by atoms with Crippen molar-refractivity contribution in [3.8, 4) is 11.5 Å². The van der Waals surface area contributed by atoms with E-state index in [1.165, 1.54) is 0 Å². The first kappa shape index (κ1) is 20.7. The molecule has 0 aliphatic carbocycles. The smallest absolute Gasteiger partial charge is 0.200 e. The topological polar surface area (TPSA) is 57.5 Å². The van der Waals surface area contributed by atoms with Crippen molar-refractivity contribution in [2.75, 3.05) is 14.2 Å². The van der Waals surface area contributed by atoms with E-state index in [2.05, 4.69) is 0 Å². The number of benzene rings is 3. The zero-order valence-corrected chi connectivity index (χ0v) is 17.8. The van der Waals surface area contributed by atoms with Crippen molar-refractivity contribution in [3.05, 3.63) is 105 Å². The van der Waals surface area contributed by atoms with Gasteiger partial charge in [0, 0.05) is 23.3 Å². The third kappa shape index (κ3) is 4.18. The van der Waals surface area contributed by atoms with E-state index < -0.39 is 0 Å². The molecule has 3 aromatic carbocycles. The van der Waals surface area contributed by atoms with Crippen molar-refractivity contribution in [1.82, 2.24) is 4.57 Å². The van der Waals surface area contributed by atoms with Crippen molar-refractivity contribution in [3.63, 3.8) is 0 Å². The molecule has 4 rings (SSSR count). The number of carbonyl (C=O) groups is 1. The summed E-state index contributed by atoms with van der Waals surface area (Å²) in [5, 5.41) is 0.949. The predicted molar refractivity (Wildman–Crippen MR) is 122 cm³/mol. The summed E-state index contributed by atoms with van der Waals surface area (Å²) in [6.45, 7) is 0.480. The molecule has 4 aromatic rings. The van der Waals surface area contributed by atoms with Crippen molar-refractivity contribution in [2.45, 2.75) is 6.54 Å². The molecule has 0 spiro atoms. The molecule has 1 heterocycles. The number of carbonyl (C=O) groups excluding carboxylic acids is 1. The third-order valence-electron chi connectivity index (χ3n) is 5.15. The molecule has 0 unspecified atom stereocenters. The molecule has 6 heteroatoms. The number of methoxy groups -OCH3 is 2. The van der Waals surface area contributed by atoms with Crippen molar-refractivity contribution < 1.29 is 14.3 Å².